The lowest BCUT2D eigenvalue weighted by Crippen LogP contribution is -2.43. The molecule has 3 aromatic rings. The van der Waals surface area contributed by atoms with Crippen LogP contribution in [-0.2, 0) is 6.42 Å². The van der Waals surface area contributed by atoms with Crippen molar-refractivity contribution in [3.05, 3.63) is 58.5 Å². The van der Waals surface area contributed by atoms with E-state index in [-0.39, 0.29) is 22.9 Å². The Hall–Kier alpha value is -3.10. The highest BCUT2D eigenvalue weighted by Gasteiger charge is 2.21. The Kier molecular flexibility index (Phi) is 7.61. The molecule has 0 aliphatic rings. The third-order valence-electron chi connectivity index (χ3n) is 5.63. The van der Waals surface area contributed by atoms with Gasteiger partial charge in [0.15, 0.2) is 5.13 Å². The molecule has 2 aromatic carbocycles. The summed E-state index contributed by atoms with van der Waals surface area (Å²) in [6.07, 6.45) is 1.57. The summed E-state index contributed by atoms with van der Waals surface area (Å²) in [6.45, 7) is 6.84. The molecule has 1 heterocycles. The number of nitrogens with zero attached hydrogens (tertiary/aromatic N) is 2. The Morgan fingerprint density at radius 3 is 2.55 bits per heavy atom. The van der Waals surface area contributed by atoms with Gasteiger partial charge in [-0.05, 0) is 82.4 Å². The van der Waals surface area contributed by atoms with E-state index >= 15 is 0 Å². The van der Waals surface area contributed by atoms with Gasteiger partial charge in [-0.3, -0.25) is 4.79 Å². The molecule has 7 nitrogen and oxygen atoms in total. The van der Waals surface area contributed by atoms with Crippen molar-refractivity contribution >= 4 is 33.8 Å². The number of phenols is 1. The van der Waals surface area contributed by atoms with Crippen LogP contribution in [0.1, 0.15) is 48.0 Å². The Labute approximate surface area is 199 Å². The highest BCUT2D eigenvalue weighted by atomic mass is 32.1. The summed E-state index contributed by atoms with van der Waals surface area (Å²) >= 11 is 1.21. The van der Waals surface area contributed by atoms with Crippen LogP contribution in [0, 0.1) is 0 Å². The average Bonchev–Trinajstić information content (AvgIpc) is 3.14. The number of aromatic nitrogens is 1. The molecule has 0 spiro atoms. The van der Waals surface area contributed by atoms with Crippen LogP contribution in [0.5, 0.6) is 11.5 Å². The zero-order valence-electron chi connectivity index (χ0n) is 19.8. The van der Waals surface area contributed by atoms with Crippen LogP contribution in [0.3, 0.4) is 0 Å². The monoisotopic (exact) mass is 468 g/mol. The molecule has 3 rings (SSSR count). The predicted molar refractivity (Wildman–Crippen MR) is 135 cm³/mol. The maximum absolute atomic E-state index is 13.0. The van der Waals surface area contributed by atoms with Gasteiger partial charge in [0.05, 0.1) is 0 Å². The normalized spacial score (nSPS) is 11.6. The van der Waals surface area contributed by atoms with Crippen LogP contribution in [0.2, 0.25) is 0 Å². The first-order valence-electron chi connectivity index (χ1n) is 10.9. The number of nitrogens with one attached hydrogen (secondary N) is 1. The summed E-state index contributed by atoms with van der Waals surface area (Å²) in [4.78, 5) is 19.8. The number of hydrogen-bond acceptors (Lipinski definition) is 8. The van der Waals surface area contributed by atoms with E-state index in [1.807, 2.05) is 45.3 Å². The van der Waals surface area contributed by atoms with Crippen molar-refractivity contribution in [2.24, 2.45) is 0 Å². The number of hydrogen-bond donors (Lipinski definition) is 3. The number of nitrogen functional groups attached to an aromatic ring is 1. The number of thiazole rings is 1. The highest BCUT2D eigenvalue weighted by molar-refractivity contribution is 7.18. The molecule has 33 heavy (non-hydrogen) atoms. The standard InChI is InChI=1S/C25H32N4O3S/c1-6-7-16-14-17(8-13-20(16)30)21(31)22-23(26)28-24(33-22)27-18-9-11-19(12-10-18)32-15-25(2,3)29(4)5/h8-14,30H,6-7,15,26H2,1-5H3,(H,27,28). The largest absolute Gasteiger partial charge is 0.508 e. The first kappa shape index (κ1) is 24.5. The van der Waals surface area contributed by atoms with Crippen molar-refractivity contribution < 1.29 is 14.6 Å². The zero-order chi connectivity index (χ0) is 24.2. The summed E-state index contributed by atoms with van der Waals surface area (Å²) < 4.78 is 5.91. The number of carbonyl (C=O) groups is 1. The topological polar surface area (TPSA) is 101 Å². The van der Waals surface area contributed by atoms with Crippen LogP contribution >= 0.6 is 11.3 Å². The summed E-state index contributed by atoms with van der Waals surface area (Å²) in [7, 11) is 4.06. The summed E-state index contributed by atoms with van der Waals surface area (Å²) in [5.74, 6) is 0.956. The molecular weight excluding hydrogens is 436 g/mol. The van der Waals surface area contributed by atoms with Gasteiger partial charge in [0, 0.05) is 16.8 Å². The molecule has 8 heteroatoms. The number of anilines is 3. The van der Waals surface area contributed by atoms with Gasteiger partial charge in [-0.25, -0.2) is 4.98 Å². The minimum atomic E-state index is -0.206. The molecular formula is C25H32N4O3S. The minimum absolute atomic E-state index is 0.0763. The fourth-order valence-electron chi connectivity index (χ4n) is 3.02. The van der Waals surface area contributed by atoms with Crippen molar-refractivity contribution in [3.8, 4) is 11.5 Å². The number of nitrogens with two attached hydrogens (primary N) is 1. The summed E-state index contributed by atoms with van der Waals surface area (Å²) in [6, 6.07) is 12.5. The predicted octanol–water partition coefficient (Wildman–Crippen LogP) is 5.08. The molecule has 0 radical (unpaired) electrons. The lowest BCUT2D eigenvalue weighted by atomic mass is 10.0. The second-order valence-corrected chi connectivity index (χ2v) is 9.80. The molecule has 0 saturated carbocycles. The SMILES string of the molecule is CCCc1cc(C(=O)c2sc(Nc3ccc(OCC(C)(C)N(C)C)cc3)nc2N)ccc1O. The molecule has 4 N–H and O–H groups in total. The van der Waals surface area contributed by atoms with E-state index in [2.05, 4.69) is 29.0 Å². The molecule has 0 atom stereocenters. The van der Waals surface area contributed by atoms with Gasteiger partial charge in [0.25, 0.3) is 0 Å². The van der Waals surface area contributed by atoms with Gasteiger partial charge in [-0.15, -0.1) is 0 Å². The van der Waals surface area contributed by atoms with Crippen LogP contribution < -0.4 is 15.8 Å². The molecule has 1 aromatic heterocycles. The zero-order valence-corrected chi connectivity index (χ0v) is 20.6. The van der Waals surface area contributed by atoms with E-state index in [1.165, 1.54) is 11.3 Å². The summed E-state index contributed by atoms with van der Waals surface area (Å²) in [5, 5.41) is 13.7. The van der Waals surface area contributed by atoms with E-state index in [0.717, 1.165) is 23.4 Å². The number of carbonyl (C=O) groups excluding carboxylic acids is 1. The van der Waals surface area contributed by atoms with Gasteiger partial charge in [0.2, 0.25) is 5.78 Å². The maximum Gasteiger partial charge on any atom is 0.206 e. The van der Waals surface area contributed by atoms with Gasteiger partial charge < -0.3 is 25.8 Å². The van der Waals surface area contributed by atoms with E-state index in [9.17, 15) is 9.90 Å². The molecule has 0 fully saturated rings. The molecule has 0 bridgehead atoms. The van der Waals surface area contributed by atoms with Crippen LogP contribution in [0.4, 0.5) is 16.6 Å². The molecule has 176 valence electrons. The van der Waals surface area contributed by atoms with Gasteiger partial charge in [-0.2, -0.15) is 0 Å². The third kappa shape index (κ3) is 6.03. The van der Waals surface area contributed by atoms with Crippen molar-refractivity contribution in [2.45, 2.75) is 39.2 Å². The Morgan fingerprint density at radius 2 is 1.91 bits per heavy atom. The number of benzene rings is 2. The van der Waals surface area contributed by atoms with E-state index in [1.54, 1.807) is 18.2 Å². The molecule has 0 amide bonds. The number of ether oxygens (including phenoxy) is 1. The number of phenolic OH excluding ortho intramolecular Hbond substituents is 1. The quantitative estimate of drug-likeness (QED) is 0.357. The van der Waals surface area contributed by atoms with E-state index in [0.29, 0.717) is 28.6 Å². The van der Waals surface area contributed by atoms with Crippen molar-refractivity contribution in [2.75, 3.05) is 31.8 Å². The van der Waals surface area contributed by atoms with Crippen LogP contribution in [0.25, 0.3) is 0 Å². The third-order valence-corrected chi connectivity index (χ3v) is 6.61. The van der Waals surface area contributed by atoms with Gasteiger partial charge >= 0.3 is 0 Å². The lowest BCUT2D eigenvalue weighted by Gasteiger charge is -2.32. The number of rotatable bonds is 10. The van der Waals surface area contributed by atoms with Gasteiger partial charge in [0.1, 0.15) is 28.8 Å². The van der Waals surface area contributed by atoms with E-state index in [4.69, 9.17) is 10.5 Å². The first-order chi connectivity index (χ1) is 15.6. The number of aromatic hydroxyl groups is 1. The molecule has 0 aliphatic heterocycles. The van der Waals surface area contributed by atoms with E-state index < -0.39 is 0 Å². The summed E-state index contributed by atoms with van der Waals surface area (Å²) in [5.41, 5.74) is 8.03. The van der Waals surface area contributed by atoms with Crippen molar-refractivity contribution in [1.29, 1.82) is 0 Å². The second-order valence-electron chi connectivity index (χ2n) is 8.80. The second kappa shape index (κ2) is 10.2. The maximum atomic E-state index is 13.0. The number of aryl methyl sites for hydroxylation is 1. The minimum Gasteiger partial charge on any atom is -0.508 e. The van der Waals surface area contributed by atoms with Crippen molar-refractivity contribution in [3.63, 3.8) is 0 Å². The Morgan fingerprint density at radius 1 is 1.21 bits per heavy atom. The first-order valence-corrected chi connectivity index (χ1v) is 11.7. The smallest absolute Gasteiger partial charge is 0.206 e. The fourth-order valence-corrected chi connectivity index (χ4v) is 3.89. The molecule has 0 saturated heterocycles. The highest BCUT2D eigenvalue weighted by Crippen LogP contribution is 2.31. The average molecular weight is 469 g/mol. The lowest BCUT2D eigenvalue weighted by molar-refractivity contribution is 0.104. The molecule has 0 aliphatic carbocycles. The fraction of sp³-hybridized carbons (Fsp3) is 0.360. The Bertz CT molecular complexity index is 1110. The number of likely N-dealkylation sites (N-methyl/N-ethyl adjacent to an activating group) is 1. The Balaban J connectivity index is 1.69. The van der Waals surface area contributed by atoms with Crippen LogP contribution in [0.15, 0.2) is 42.5 Å². The van der Waals surface area contributed by atoms with Crippen molar-refractivity contribution in [1.82, 2.24) is 9.88 Å². The van der Waals surface area contributed by atoms with Crippen LogP contribution in [-0.4, -0.2) is 47.0 Å². The molecule has 0 unspecified atom stereocenters. The van der Waals surface area contributed by atoms with Gasteiger partial charge in [-0.1, -0.05) is 24.7 Å². The number of ketones is 1.